The molecule has 2 fully saturated rings. The topological polar surface area (TPSA) is 41.1 Å². The van der Waals surface area contributed by atoms with Crippen LogP contribution < -0.4 is 10.6 Å². The van der Waals surface area contributed by atoms with E-state index in [0.29, 0.717) is 12.1 Å². The fourth-order valence-corrected chi connectivity index (χ4v) is 3.40. The van der Waals surface area contributed by atoms with Crippen LogP contribution in [0.5, 0.6) is 0 Å². The quantitative estimate of drug-likeness (QED) is 0.812. The minimum Gasteiger partial charge on any atom is -0.353 e. The van der Waals surface area contributed by atoms with Gasteiger partial charge < -0.3 is 10.6 Å². The number of piperidine rings is 1. The number of carbonyl (C=O) groups is 1. The van der Waals surface area contributed by atoms with Gasteiger partial charge in [-0.1, -0.05) is 27.7 Å². The molecule has 0 radical (unpaired) electrons. The van der Waals surface area contributed by atoms with Gasteiger partial charge in [0, 0.05) is 18.0 Å². The molecule has 1 aliphatic carbocycles. The number of rotatable bonds is 2. The Balaban J connectivity index is 0.00000162. The summed E-state index contributed by atoms with van der Waals surface area (Å²) in [6.07, 6.45) is 2.11. The highest BCUT2D eigenvalue weighted by atomic mass is 35.5. The Kier molecular flexibility index (Phi) is 4.39. The molecule has 0 aromatic carbocycles. The first-order valence-electron chi connectivity index (χ1n) is 6.80. The van der Waals surface area contributed by atoms with Crippen molar-refractivity contribution >= 4 is 18.3 Å². The monoisotopic (exact) mass is 274 g/mol. The van der Waals surface area contributed by atoms with Crippen molar-refractivity contribution in [2.75, 3.05) is 6.54 Å². The molecule has 2 rings (SSSR count). The third kappa shape index (κ3) is 2.53. The largest absolute Gasteiger partial charge is 0.353 e. The van der Waals surface area contributed by atoms with E-state index in [-0.39, 0.29) is 35.1 Å². The van der Waals surface area contributed by atoms with Gasteiger partial charge in [-0.2, -0.15) is 0 Å². The van der Waals surface area contributed by atoms with Crippen LogP contribution in [0.1, 0.15) is 47.5 Å². The van der Waals surface area contributed by atoms with E-state index >= 15 is 0 Å². The summed E-state index contributed by atoms with van der Waals surface area (Å²) in [7, 11) is 0. The molecule has 2 unspecified atom stereocenters. The van der Waals surface area contributed by atoms with Crippen LogP contribution in [0, 0.1) is 16.7 Å². The second-order valence-electron chi connectivity index (χ2n) is 6.96. The first-order valence-corrected chi connectivity index (χ1v) is 6.80. The fraction of sp³-hybridized carbons (Fsp3) is 0.929. The lowest BCUT2D eigenvalue weighted by Crippen LogP contribution is -2.47. The molecule has 2 aliphatic rings. The van der Waals surface area contributed by atoms with Crippen LogP contribution >= 0.6 is 12.4 Å². The summed E-state index contributed by atoms with van der Waals surface area (Å²) >= 11 is 0. The lowest BCUT2D eigenvalue weighted by molar-refractivity contribution is -0.124. The van der Waals surface area contributed by atoms with Crippen molar-refractivity contribution < 1.29 is 4.79 Å². The van der Waals surface area contributed by atoms with Gasteiger partial charge in [0.15, 0.2) is 0 Å². The molecular weight excluding hydrogens is 248 g/mol. The lowest BCUT2D eigenvalue weighted by atomic mass is 10.00. The molecule has 4 heteroatoms. The number of halogens is 1. The van der Waals surface area contributed by atoms with E-state index in [9.17, 15) is 4.79 Å². The van der Waals surface area contributed by atoms with Gasteiger partial charge in [-0.15, -0.1) is 12.4 Å². The highest BCUT2D eigenvalue weighted by Gasteiger charge is 2.68. The molecule has 1 saturated heterocycles. The van der Waals surface area contributed by atoms with Crippen LogP contribution in [0.2, 0.25) is 0 Å². The summed E-state index contributed by atoms with van der Waals surface area (Å²) in [4.78, 5) is 12.3. The zero-order valence-electron chi connectivity index (χ0n) is 12.2. The van der Waals surface area contributed by atoms with E-state index in [0.717, 1.165) is 19.4 Å². The van der Waals surface area contributed by atoms with Gasteiger partial charge in [-0.25, -0.2) is 0 Å². The van der Waals surface area contributed by atoms with E-state index in [4.69, 9.17) is 0 Å². The van der Waals surface area contributed by atoms with Gasteiger partial charge in [0.1, 0.15) is 0 Å². The van der Waals surface area contributed by atoms with Crippen molar-refractivity contribution in [3.8, 4) is 0 Å². The highest BCUT2D eigenvalue weighted by Crippen LogP contribution is 2.68. The Morgan fingerprint density at radius 1 is 1.22 bits per heavy atom. The first kappa shape index (κ1) is 15.8. The maximum Gasteiger partial charge on any atom is 0.224 e. The van der Waals surface area contributed by atoms with Crippen LogP contribution in [-0.2, 0) is 4.79 Å². The average Bonchev–Trinajstić information content (AvgIpc) is 2.56. The summed E-state index contributed by atoms with van der Waals surface area (Å²) in [6.45, 7) is 12.0. The van der Waals surface area contributed by atoms with Crippen molar-refractivity contribution in [3.63, 3.8) is 0 Å². The summed E-state index contributed by atoms with van der Waals surface area (Å²) in [5.41, 5.74) is 0.297. The molecule has 0 aromatic rings. The van der Waals surface area contributed by atoms with Crippen molar-refractivity contribution in [3.05, 3.63) is 0 Å². The Bertz CT molecular complexity index is 314. The predicted octanol–water partition coefficient (Wildman–Crippen LogP) is 2.35. The van der Waals surface area contributed by atoms with Gasteiger partial charge in [-0.05, 0) is 37.1 Å². The highest BCUT2D eigenvalue weighted by molar-refractivity contribution is 5.85. The molecule has 0 bridgehead atoms. The summed E-state index contributed by atoms with van der Waals surface area (Å²) < 4.78 is 0. The van der Waals surface area contributed by atoms with Crippen LogP contribution in [-0.4, -0.2) is 24.5 Å². The van der Waals surface area contributed by atoms with E-state index in [1.54, 1.807) is 0 Å². The number of nitrogens with one attached hydrogen (secondary N) is 2. The summed E-state index contributed by atoms with van der Waals surface area (Å²) in [6, 6.07) is 0.889. The Morgan fingerprint density at radius 2 is 1.78 bits per heavy atom. The molecule has 1 saturated carbocycles. The van der Waals surface area contributed by atoms with Crippen molar-refractivity contribution in [1.29, 1.82) is 0 Å². The normalized spacial score (nSPS) is 33.4. The molecule has 0 aromatic heterocycles. The van der Waals surface area contributed by atoms with Crippen molar-refractivity contribution in [2.45, 2.75) is 59.5 Å². The summed E-state index contributed by atoms with van der Waals surface area (Å²) in [5, 5.41) is 6.65. The number of hydrogen-bond donors (Lipinski definition) is 2. The molecule has 1 aliphatic heterocycles. The Morgan fingerprint density at radius 3 is 2.22 bits per heavy atom. The molecular formula is C14H27ClN2O. The molecule has 1 heterocycles. The lowest BCUT2D eigenvalue weighted by Gasteiger charge is -2.29. The fourth-order valence-electron chi connectivity index (χ4n) is 3.40. The molecule has 3 nitrogen and oxygen atoms in total. The van der Waals surface area contributed by atoms with E-state index < -0.39 is 0 Å². The van der Waals surface area contributed by atoms with E-state index in [2.05, 4.69) is 45.3 Å². The molecule has 106 valence electrons. The van der Waals surface area contributed by atoms with Crippen LogP contribution in [0.15, 0.2) is 0 Å². The minimum atomic E-state index is 0. The van der Waals surface area contributed by atoms with Crippen LogP contribution in [0.4, 0.5) is 0 Å². The molecule has 18 heavy (non-hydrogen) atoms. The predicted molar refractivity (Wildman–Crippen MR) is 76.9 cm³/mol. The van der Waals surface area contributed by atoms with Gasteiger partial charge in [0.25, 0.3) is 0 Å². The Labute approximate surface area is 117 Å². The minimum absolute atomic E-state index is 0. The van der Waals surface area contributed by atoms with Gasteiger partial charge >= 0.3 is 0 Å². The van der Waals surface area contributed by atoms with Crippen molar-refractivity contribution in [1.82, 2.24) is 10.6 Å². The number of amides is 1. The van der Waals surface area contributed by atoms with Gasteiger partial charge in [0.05, 0.1) is 0 Å². The maximum atomic E-state index is 12.3. The molecule has 2 atom stereocenters. The smallest absolute Gasteiger partial charge is 0.224 e. The number of carbonyl (C=O) groups excluding carboxylic acids is 1. The molecule has 2 N–H and O–H groups in total. The molecule has 1 amide bonds. The van der Waals surface area contributed by atoms with Gasteiger partial charge in [0.2, 0.25) is 5.91 Å². The maximum absolute atomic E-state index is 12.3. The molecule has 0 spiro atoms. The SMILES string of the molecule is CC1CC(NC(=O)C2C(C)(C)C2(C)C)CCN1.Cl. The van der Waals surface area contributed by atoms with Crippen molar-refractivity contribution in [2.24, 2.45) is 16.7 Å². The second-order valence-corrected chi connectivity index (χ2v) is 6.96. The van der Waals surface area contributed by atoms with Crippen LogP contribution in [0.3, 0.4) is 0 Å². The first-order chi connectivity index (χ1) is 7.76. The van der Waals surface area contributed by atoms with E-state index in [1.165, 1.54) is 0 Å². The van der Waals surface area contributed by atoms with E-state index in [1.807, 2.05) is 0 Å². The van der Waals surface area contributed by atoms with Crippen LogP contribution in [0.25, 0.3) is 0 Å². The third-order valence-corrected chi connectivity index (χ3v) is 5.25. The zero-order chi connectivity index (χ0) is 12.8. The number of hydrogen-bond acceptors (Lipinski definition) is 2. The zero-order valence-corrected chi connectivity index (χ0v) is 13.0. The third-order valence-electron chi connectivity index (χ3n) is 5.25. The second kappa shape index (κ2) is 5.01. The Hall–Kier alpha value is -0.280. The standard InChI is InChI=1S/C14H26N2O.ClH/c1-9-8-10(6-7-15-9)16-12(17)11-13(2,3)14(11,4)5;/h9-11,15H,6-8H2,1-5H3,(H,16,17);1H. The van der Waals surface area contributed by atoms with Gasteiger partial charge in [-0.3, -0.25) is 4.79 Å². The average molecular weight is 275 g/mol. The summed E-state index contributed by atoms with van der Waals surface area (Å²) in [5.74, 6) is 0.444.